The average molecular weight is 259 g/mol. The number of hydrogen-bond donors (Lipinski definition) is 1. The maximum absolute atomic E-state index is 10.2. The minimum absolute atomic E-state index is 0. The monoisotopic (exact) mass is 259 g/mol. The first-order chi connectivity index (χ1) is 3.81. The molecule has 0 amide bonds. The molecule has 0 bridgehead atoms. The van der Waals surface area contributed by atoms with Crippen LogP contribution in [0.15, 0.2) is 0 Å². The van der Waals surface area contributed by atoms with Gasteiger partial charge in [-0.2, -0.15) is 0 Å². The summed E-state index contributed by atoms with van der Waals surface area (Å²) >= 11 is 0. The van der Waals surface area contributed by atoms with Crippen molar-refractivity contribution in [2.24, 2.45) is 5.90 Å². The second kappa shape index (κ2) is 30.3. The van der Waals surface area contributed by atoms with Crippen LogP contribution in [0.2, 0.25) is 0 Å². The Morgan fingerprint density at radius 3 is 1.77 bits per heavy atom. The van der Waals surface area contributed by atoms with Crippen molar-refractivity contribution < 1.29 is 13.7 Å². The molecule has 0 aromatic carbocycles. The van der Waals surface area contributed by atoms with E-state index in [0.717, 1.165) is 6.42 Å². The Balaban J connectivity index is -0.0000000245. The van der Waals surface area contributed by atoms with E-state index in [1.807, 2.05) is 6.92 Å². The molecule has 0 aliphatic carbocycles. The van der Waals surface area contributed by atoms with Gasteiger partial charge in [-0.25, -0.2) is 10.5 Å². The van der Waals surface area contributed by atoms with Crippen LogP contribution in [-0.4, -0.2) is 154 Å². The molecule has 0 heterocycles. The van der Waals surface area contributed by atoms with Crippen molar-refractivity contribution in [3.05, 3.63) is 0 Å². The van der Waals surface area contributed by atoms with Gasteiger partial charge in [0, 0.05) is 0 Å². The van der Waals surface area contributed by atoms with Gasteiger partial charge in [-0.15, -0.1) is 0 Å². The first-order valence-electron chi connectivity index (χ1n) is 2.34. The van der Waals surface area contributed by atoms with Crippen molar-refractivity contribution in [2.75, 3.05) is 6.61 Å². The Morgan fingerprint density at radius 2 is 1.54 bits per heavy atom. The summed E-state index contributed by atoms with van der Waals surface area (Å²) < 4.78 is 18.6. The first-order valence-corrected chi connectivity index (χ1v) is 3.57. The van der Waals surface area contributed by atoms with Crippen LogP contribution in [0.4, 0.5) is 0 Å². The van der Waals surface area contributed by atoms with Gasteiger partial charge >= 0.3 is 156 Å². The van der Waals surface area contributed by atoms with Crippen LogP contribution in [0.1, 0.15) is 13.3 Å². The third kappa shape index (κ3) is 31.6. The van der Waals surface area contributed by atoms with Crippen molar-refractivity contribution in [1.82, 2.24) is 0 Å². The molecule has 2 N–H and O–H groups in total. The Bertz CT molecular complexity index is 89.4. The molecule has 0 spiro atoms. The zero-order valence-electron chi connectivity index (χ0n) is 4.72. The molecule has 0 rings (SSSR count). The molecular formula is C3H15NNa5O3P. The summed E-state index contributed by atoms with van der Waals surface area (Å²) in [5.41, 5.74) is 0. The van der Waals surface area contributed by atoms with Crippen molar-refractivity contribution >= 4 is 156 Å². The van der Waals surface area contributed by atoms with Crippen molar-refractivity contribution in [3.8, 4) is 0 Å². The van der Waals surface area contributed by atoms with E-state index in [1.54, 1.807) is 0 Å². The van der Waals surface area contributed by atoms with E-state index in [4.69, 9.17) is 0 Å². The predicted molar refractivity (Wildman–Crippen MR) is 66.3 cm³/mol. The van der Waals surface area contributed by atoms with Crippen LogP contribution in [0.25, 0.3) is 0 Å². The molecule has 0 aromatic rings. The molecule has 1 unspecified atom stereocenters. The summed E-state index contributed by atoms with van der Waals surface area (Å²) in [4.78, 5) is 0. The average Bonchev–Trinajstić information content (AvgIpc) is 1.83. The summed E-state index contributed by atoms with van der Waals surface area (Å²) in [7, 11) is -2.36. The third-order valence-electron chi connectivity index (χ3n) is 0.520. The third-order valence-corrected chi connectivity index (χ3v) is 1.15. The molecule has 0 aliphatic heterocycles. The molecule has 0 aliphatic rings. The molecule has 0 aromatic heterocycles. The van der Waals surface area contributed by atoms with Crippen LogP contribution in [0.5, 0.6) is 0 Å². The fourth-order valence-electron chi connectivity index (χ4n) is 0.219. The van der Waals surface area contributed by atoms with Crippen LogP contribution in [-0.2, 0) is 13.7 Å². The van der Waals surface area contributed by atoms with E-state index in [0.29, 0.717) is 6.61 Å². The van der Waals surface area contributed by atoms with Gasteiger partial charge in [0.1, 0.15) is 0 Å². The molecule has 1 atom stereocenters. The second-order valence-corrected chi connectivity index (χ2v) is 2.24. The van der Waals surface area contributed by atoms with Crippen LogP contribution in [0.3, 0.4) is 0 Å². The van der Waals surface area contributed by atoms with Gasteiger partial charge in [0.25, 0.3) is 0 Å². The molecule has 10 heteroatoms. The van der Waals surface area contributed by atoms with E-state index in [1.165, 1.54) is 0 Å². The molecule has 0 saturated carbocycles. The Morgan fingerprint density at radius 1 is 1.15 bits per heavy atom. The van der Waals surface area contributed by atoms with Gasteiger partial charge < -0.3 is 4.52 Å². The predicted octanol–water partition coefficient (Wildman–Crippen LogP) is -2.55. The molecule has 0 fully saturated rings. The van der Waals surface area contributed by atoms with Gasteiger partial charge in [0.05, 0.1) is 6.61 Å². The van der Waals surface area contributed by atoms with Crippen LogP contribution >= 0.6 is 8.25 Å². The van der Waals surface area contributed by atoms with Crippen molar-refractivity contribution in [1.29, 1.82) is 0 Å². The van der Waals surface area contributed by atoms with Crippen LogP contribution in [0, 0.1) is 0 Å². The summed E-state index contributed by atoms with van der Waals surface area (Å²) in [5.74, 6) is 4.52. The molecule has 4 nitrogen and oxygen atoms in total. The van der Waals surface area contributed by atoms with E-state index in [-0.39, 0.29) is 148 Å². The van der Waals surface area contributed by atoms with E-state index >= 15 is 0 Å². The van der Waals surface area contributed by atoms with E-state index in [9.17, 15) is 4.57 Å². The second-order valence-electron chi connectivity index (χ2n) is 1.22. The van der Waals surface area contributed by atoms with E-state index in [2.05, 4.69) is 15.0 Å². The number of rotatable bonds is 4. The fraction of sp³-hybridized carbons (Fsp3) is 1.00. The van der Waals surface area contributed by atoms with Crippen molar-refractivity contribution in [2.45, 2.75) is 13.3 Å². The Hall–Kier alpha value is 5.11. The molecule has 0 radical (unpaired) electrons. The molecule has 60 valence electrons. The first kappa shape index (κ1) is 36.2. The molecule has 13 heavy (non-hydrogen) atoms. The number of nitrogens with two attached hydrogens (primary N) is 1. The Labute approximate surface area is 191 Å². The van der Waals surface area contributed by atoms with Gasteiger partial charge in [-0.05, 0) is 6.42 Å². The topological polar surface area (TPSA) is 61.5 Å². The van der Waals surface area contributed by atoms with Gasteiger partial charge in [0.15, 0.2) is 0 Å². The summed E-state index contributed by atoms with van der Waals surface area (Å²) in [6.07, 6.45) is 0.819. The standard InChI is InChI=1S/C3H10NO3P.5Na.5H/c1-2-3-6-8(5)7-4;;;;;;;;;;/h8H,2-4H2,1H3;;;;;;;;;;. The summed E-state index contributed by atoms with van der Waals surface area (Å²) in [5, 5.41) is 0. The van der Waals surface area contributed by atoms with Crippen molar-refractivity contribution in [3.63, 3.8) is 0 Å². The summed E-state index contributed by atoms with van der Waals surface area (Å²) in [6, 6.07) is 0. The minimum atomic E-state index is -2.36. The molecule has 0 saturated heterocycles. The molecular weight excluding hydrogens is 244 g/mol. The van der Waals surface area contributed by atoms with Gasteiger partial charge in [-0.1, -0.05) is 6.92 Å². The number of hydrogen-bond acceptors (Lipinski definition) is 4. The fourth-order valence-corrected chi connectivity index (χ4v) is 0.658. The van der Waals surface area contributed by atoms with Gasteiger partial charge in [-0.3, -0.25) is 4.57 Å². The SMILES string of the molecule is CCCO[PH](=O)ON.[NaH].[NaH].[NaH].[NaH].[NaH]. The zero-order chi connectivity index (χ0) is 6.41. The zero-order valence-corrected chi connectivity index (χ0v) is 5.72. The Kier molecular flexibility index (Phi) is 84.2. The van der Waals surface area contributed by atoms with Crippen LogP contribution < -0.4 is 5.90 Å². The quantitative estimate of drug-likeness (QED) is 0.343. The van der Waals surface area contributed by atoms with E-state index < -0.39 is 8.25 Å². The normalized spacial score (nSPS) is 8.46. The maximum atomic E-state index is 10.2. The summed E-state index contributed by atoms with van der Waals surface area (Å²) in [6.45, 7) is 2.35. The van der Waals surface area contributed by atoms with Gasteiger partial charge in [0.2, 0.25) is 0 Å².